The molecule has 26 heavy (non-hydrogen) atoms. The van der Waals surface area contributed by atoms with Crippen LogP contribution in [-0.2, 0) is 11.0 Å². The standard InChI is InChI=1S/C17H16F3N3O3/c1-10(15(24)23-21)26-14-7-5-11(6-8-14)16(25)22-13-4-2-3-12(9-13)17(18,19)20/h2-10H,21H2,1H3,(H,22,25)(H,23,24). The third-order valence-electron chi connectivity index (χ3n) is 3.39. The molecule has 9 heteroatoms. The molecule has 2 aromatic rings. The van der Waals surface area contributed by atoms with Gasteiger partial charge in [-0.2, -0.15) is 13.2 Å². The van der Waals surface area contributed by atoms with Crippen molar-refractivity contribution in [1.82, 2.24) is 5.43 Å². The minimum Gasteiger partial charge on any atom is -0.481 e. The lowest BCUT2D eigenvalue weighted by Crippen LogP contribution is -2.40. The van der Waals surface area contributed by atoms with Crippen molar-refractivity contribution in [2.75, 3.05) is 5.32 Å². The zero-order chi connectivity index (χ0) is 19.3. The van der Waals surface area contributed by atoms with Gasteiger partial charge < -0.3 is 10.1 Å². The van der Waals surface area contributed by atoms with Gasteiger partial charge in [-0.3, -0.25) is 15.0 Å². The fourth-order valence-corrected chi connectivity index (χ4v) is 2.04. The average molecular weight is 367 g/mol. The van der Waals surface area contributed by atoms with Crippen LogP contribution in [0.5, 0.6) is 5.75 Å². The van der Waals surface area contributed by atoms with E-state index in [0.29, 0.717) is 5.75 Å². The number of hydrogen-bond donors (Lipinski definition) is 3. The van der Waals surface area contributed by atoms with Gasteiger partial charge in [-0.15, -0.1) is 0 Å². The lowest BCUT2D eigenvalue weighted by atomic mass is 10.1. The van der Waals surface area contributed by atoms with Crippen LogP contribution in [0.25, 0.3) is 0 Å². The highest BCUT2D eigenvalue weighted by Crippen LogP contribution is 2.30. The molecule has 138 valence electrons. The highest BCUT2D eigenvalue weighted by molar-refractivity contribution is 6.04. The minimum absolute atomic E-state index is 0.0263. The van der Waals surface area contributed by atoms with Crippen molar-refractivity contribution in [3.05, 3.63) is 59.7 Å². The molecule has 0 saturated heterocycles. The Bertz CT molecular complexity index is 792. The van der Waals surface area contributed by atoms with Gasteiger partial charge >= 0.3 is 6.18 Å². The van der Waals surface area contributed by atoms with Gasteiger partial charge in [0, 0.05) is 11.3 Å². The number of nitrogens with one attached hydrogen (secondary N) is 2. The van der Waals surface area contributed by atoms with Gasteiger partial charge in [0.15, 0.2) is 6.10 Å². The molecule has 0 saturated carbocycles. The summed E-state index contributed by atoms with van der Waals surface area (Å²) in [6.07, 6.45) is -5.32. The lowest BCUT2D eigenvalue weighted by molar-refractivity contribution is -0.137. The van der Waals surface area contributed by atoms with Crippen LogP contribution >= 0.6 is 0 Å². The Kier molecular flexibility index (Phi) is 5.83. The summed E-state index contributed by atoms with van der Waals surface area (Å²) < 4.78 is 43.4. The van der Waals surface area contributed by atoms with Gasteiger partial charge in [-0.1, -0.05) is 6.07 Å². The molecule has 2 rings (SSSR count). The number of hydrazine groups is 1. The molecule has 2 aromatic carbocycles. The molecule has 0 bridgehead atoms. The van der Waals surface area contributed by atoms with E-state index in [-0.39, 0.29) is 11.3 Å². The Labute approximate surface area is 147 Å². The molecule has 0 aliphatic heterocycles. The number of ether oxygens (including phenoxy) is 1. The van der Waals surface area contributed by atoms with Crippen LogP contribution in [0.4, 0.5) is 18.9 Å². The van der Waals surface area contributed by atoms with Gasteiger partial charge in [0.2, 0.25) is 0 Å². The van der Waals surface area contributed by atoms with E-state index in [4.69, 9.17) is 10.6 Å². The van der Waals surface area contributed by atoms with Crippen LogP contribution in [0.2, 0.25) is 0 Å². The first-order valence-corrected chi connectivity index (χ1v) is 7.46. The first kappa shape index (κ1) is 19.3. The van der Waals surface area contributed by atoms with Crippen LogP contribution in [-0.4, -0.2) is 17.9 Å². The van der Waals surface area contributed by atoms with Crippen molar-refractivity contribution >= 4 is 17.5 Å². The van der Waals surface area contributed by atoms with Gasteiger partial charge in [0.05, 0.1) is 5.56 Å². The van der Waals surface area contributed by atoms with Crippen LogP contribution in [0.15, 0.2) is 48.5 Å². The maximum Gasteiger partial charge on any atom is 0.416 e. The largest absolute Gasteiger partial charge is 0.481 e. The van der Waals surface area contributed by atoms with E-state index < -0.39 is 29.7 Å². The Hall–Kier alpha value is -3.07. The molecule has 0 aliphatic rings. The smallest absolute Gasteiger partial charge is 0.416 e. The summed E-state index contributed by atoms with van der Waals surface area (Å²) >= 11 is 0. The Morgan fingerprint density at radius 3 is 2.35 bits per heavy atom. The van der Waals surface area contributed by atoms with E-state index in [1.54, 1.807) is 0 Å². The van der Waals surface area contributed by atoms with Crippen molar-refractivity contribution in [2.24, 2.45) is 5.84 Å². The SMILES string of the molecule is CC(Oc1ccc(C(=O)Nc2cccc(C(F)(F)F)c2)cc1)C(=O)NN. The van der Waals surface area contributed by atoms with Crippen LogP contribution in [0, 0.1) is 0 Å². The second kappa shape index (κ2) is 7.87. The number of rotatable bonds is 5. The molecule has 0 fully saturated rings. The number of carbonyl (C=O) groups excluding carboxylic acids is 2. The van der Waals surface area contributed by atoms with E-state index in [0.717, 1.165) is 12.1 Å². The number of hydrogen-bond acceptors (Lipinski definition) is 4. The summed E-state index contributed by atoms with van der Waals surface area (Å²) in [6.45, 7) is 1.50. The van der Waals surface area contributed by atoms with E-state index in [2.05, 4.69) is 5.32 Å². The fraction of sp³-hybridized carbons (Fsp3) is 0.176. The normalized spacial score (nSPS) is 12.2. The van der Waals surface area contributed by atoms with Gasteiger partial charge in [0.1, 0.15) is 5.75 Å². The maximum absolute atomic E-state index is 12.7. The summed E-state index contributed by atoms with van der Waals surface area (Å²) in [4.78, 5) is 23.4. The molecule has 6 nitrogen and oxygen atoms in total. The van der Waals surface area contributed by atoms with Gasteiger partial charge in [-0.05, 0) is 49.4 Å². The topological polar surface area (TPSA) is 93.4 Å². The quantitative estimate of drug-likeness (QED) is 0.430. The molecule has 0 aromatic heterocycles. The zero-order valence-corrected chi connectivity index (χ0v) is 13.6. The summed E-state index contributed by atoms with van der Waals surface area (Å²) in [5, 5.41) is 2.40. The predicted molar refractivity (Wildman–Crippen MR) is 88.3 cm³/mol. The number of amides is 2. The third kappa shape index (κ3) is 4.96. The molecule has 4 N–H and O–H groups in total. The van der Waals surface area contributed by atoms with Gasteiger partial charge in [-0.25, -0.2) is 5.84 Å². The summed E-state index contributed by atoms with van der Waals surface area (Å²) in [5.74, 6) is 4.23. The summed E-state index contributed by atoms with van der Waals surface area (Å²) in [6, 6.07) is 10.1. The predicted octanol–water partition coefficient (Wildman–Crippen LogP) is 2.71. The lowest BCUT2D eigenvalue weighted by Gasteiger charge is -2.13. The monoisotopic (exact) mass is 367 g/mol. The molecule has 1 unspecified atom stereocenters. The number of carbonyl (C=O) groups is 2. The maximum atomic E-state index is 12.7. The van der Waals surface area contributed by atoms with Crippen LogP contribution in [0.3, 0.4) is 0 Å². The van der Waals surface area contributed by atoms with E-state index in [1.807, 2.05) is 5.43 Å². The number of benzene rings is 2. The molecule has 0 heterocycles. The van der Waals surface area contributed by atoms with Crippen molar-refractivity contribution in [3.8, 4) is 5.75 Å². The third-order valence-corrected chi connectivity index (χ3v) is 3.39. The molecule has 2 amide bonds. The zero-order valence-electron chi connectivity index (χ0n) is 13.6. The highest BCUT2D eigenvalue weighted by Gasteiger charge is 2.30. The number of nitrogens with two attached hydrogens (primary N) is 1. The fourth-order valence-electron chi connectivity index (χ4n) is 2.04. The van der Waals surface area contributed by atoms with Crippen LogP contribution in [0.1, 0.15) is 22.8 Å². The number of halogens is 3. The molecular formula is C17H16F3N3O3. The molecule has 0 aliphatic carbocycles. The second-order valence-corrected chi connectivity index (χ2v) is 5.33. The van der Waals surface area contributed by atoms with E-state index in [9.17, 15) is 22.8 Å². The summed E-state index contributed by atoms with van der Waals surface area (Å²) in [5.41, 5.74) is 1.33. The van der Waals surface area contributed by atoms with E-state index >= 15 is 0 Å². The van der Waals surface area contributed by atoms with Crippen LogP contribution < -0.4 is 21.3 Å². The molecular weight excluding hydrogens is 351 g/mol. The average Bonchev–Trinajstić information content (AvgIpc) is 2.61. The minimum atomic E-state index is -4.49. The van der Waals surface area contributed by atoms with Gasteiger partial charge in [0.25, 0.3) is 11.8 Å². The molecule has 1 atom stereocenters. The number of alkyl halides is 3. The Morgan fingerprint density at radius 2 is 1.77 bits per heavy atom. The Morgan fingerprint density at radius 1 is 1.12 bits per heavy atom. The molecule has 0 spiro atoms. The number of anilines is 1. The highest BCUT2D eigenvalue weighted by atomic mass is 19.4. The first-order valence-electron chi connectivity index (χ1n) is 7.46. The van der Waals surface area contributed by atoms with Crippen molar-refractivity contribution < 1.29 is 27.5 Å². The van der Waals surface area contributed by atoms with E-state index in [1.165, 1.54) is 43.3 Å². The van der Waals surface area contributed by atoms with Crippen molar-refractivity contribution in [2.45, 2.75) is 19.2 Å². The van der Waals surface area contributed by atoms with Crippen molar-refractivity contribution in [3.63, 3.8) is 0 Å². The first-order chi connectivity index (χ1) is 12.2. The summed E-state index contributed by atoms with van der Waals surface area (Å²) in [7, 11) is 0. The second-order valence-electron chi connectivity index (χ2n) is 5.33. The van der Waals surface area contributed by atoms with Crippen molar-refractivity contribution in [1.29, 1.82) is 0 Å². The Balaban J connectivity index is 2.05. The molecule has 0 radical (unpaired) electrons.